The summed E-state index contributed by atoms with van der Waals surface area (Å²) in [7, 11) is 0. The Morgan fingerprint density at radius 1 is 0.892 bits per heavy atom. The van der Waals surface area contributed by atoms with Gasteiger partial charge < -0.3 is 15.0 Å². The van der Waals surface area contributed by atoms with Crippen LogP contribution in [0, 0.1) is 0 Å². The number of amides is 2. The molecule has 1 unspecified atom stereocenters. The summed E-state index contributed by atoms with van der Waals surface area (Å²) in [6, 6.07) is 26.5. The van der Waals surface area contributed by atoms with Crippen molar-refractivity contribution in [2.45, 2.75) is 63.6 Å². The molecule has 0 aromatic heterocycles. The van der Waals surface area contributed by atoms with Gasteiger partial charge in [-0.15, -0.1) is 0 Å². The first-order valence-electron chi connectivity index (χ1n) is 13.1. The third-order valence-corrected chi connectivity index (χ3v) is 7.04. The molecule has 5 nitrogen and oxygen atoms in total. The van der Waals surface area contributed by atoms with Crippen LogP contribution in [0.25, 0.3) is 0 Å². The number of benzene rings is 3. The maximum atomic E-state index is 13.7. The van der Waals surface area contributed by atoms with Crippen molar-refractivity contribution in [1.29, 1.82) is 0 Å². The molecule has 1 N–H and O–H groups in total. The Bertz CT molecular complexity index is 1120. The molecule has 1 atom stereocenters. The number of carbonyl (C=O) groups excluding carboxylic acids is 2. The van der Waals surface area contributed by atoms with Crippen molar-refractivity contribution in [3.63, 3.8) is 0 Å². The Morgan fingerprint density at radius 2 is 1.54 bits per heavy atom. The van der Waals surface area contributed by atoms with Crippen LogP contribution < -0.4 is 10.1 Å². The first-order valence-corrected chi connectivity index (χ1v) is 13.5. The third kappa shape index (κ3) is 8.36. The topological polar surface area (TPSA) is 58.6 Å². The highest BCUT2D eigenvalue weighted by molar-refractivity contribution is 6.30. The minimum absolute atomic E-state index is 0.0610. The standard InChI is InChI=1S/C31H35ClN2O3/c32-26-19-17-25(18-20-26)23-34(30(35)16-9-21-37-28-14-5-2-6-15-28)29(22-24-10-3-1-4-11-24)31(36)33-27-12-7-8-13-27/h1-6,10-11,14-15,17-20,27,29H,7-9,12-13,16,21-23H2,(H,33,36). The van der Waals surface area contributed by atoms with Crippen molar-refractivity contribution in [3.8, 4) is 5.75 Å². The van der Waals surface area contributed by atoms with Gasteiger partial charge in [0.1, 0.15) is 11.8 Å². The summed E-state index contributed by atoms with van der Waals surface area (Å²) < 4.78 is 5.80. The zero-order valence-corrected chi connectivity index (χ0v) is 21.9. The second-order valence-electron chi connectivity index (χ2n) is 9.61. The van der Waals surface area contributed by atoms with Gasteiger partial charge in [-0.2, -0.15) is 0 Å². The molecule has 37 heavy (non-hydrogen) atoms. The highest BCUT2D eigenvalue weighted by Crippen LogP contribution is 2.21. The fourth-order valence-electron chi connectivity index (χ4n) is 4.78. The minimum Gasteiger partial charge on any atom is -0.494 e. The summed E-state index contributed by atoms with van der Waals surface area (Å²) in [5.41, 5.74) is 1.96. The summed E-state index contributed by atoms with van der Waals surface area (Å²) >= 11 is 6.10. The van der Waals surface area contributed by atoms with Crippen molar-refractivity contribution in [2.24, 2.45) is 0 Å². The molecule has 1 aliphatic carbocycles. The molecule has 3 aromatic carbocycles. The predicted molar refractivity (Wildman–Crippen MR) is 148 cm³/mol. The molecule has 0 bridgehead atoms. The number of ether oxygens (including phenoxy) is 1. The van der Waals surface area contributed by atoms with E-state index in [2.05, 4.69) is 5.32 Å². The lowest BCUT2D eigenvalue weighted by molar-refractivity contribution is -0.141. The van der Waals surface area contributed by atoms with E-state index in [4.69, 9.17) is 16.3 Å². The van der Waals surface area contributed by atoms with Gasteiger partial charge in [0, 0.05) is 30.5 Å². The van der Waals surface area contributed by atoms with Gasteiger partial charge in [-0.25, -0.2) is 0 Å². The molecule has 194 valence electrons. The van der Waals surface area contributed by atoms with E-state index >= 15 is 0 Å². The van der Waals surface area contributed by atoms with Gasteiger partial charge >= 0.3 is 0 Å². The van der Waals surface area contributed by atoms with Crippen LogP contribution >= 0.6 is 11.6 Å². The second kappa shape index (κ2) is 13.8. The first kappa shape index (κ1) is 26.7. The molecule has 1 saturated carbocycles. The van der Waals surface area contributed by atoms with Crippen LogP contribution in [0.1, 0.15) is 49.7 Å². The van der Waals surface area contributed by atoms with E-state index < -0.39 is 6.04 Å². The predicted octanol–water partition coefficient (Wildman–Crippen LogP) is 6.20. The van der Waals surface area contributed by atoms with E-state index in [1.807, 2.05) is 84.9 Å². The number of rotatable bonds is 12. The average molecular weight is 519 g/mol. The normalized spacial score (nSPS) is 14.2. The Labute approximate surface area is 224 Å². The van der Waals surface area contributed by atoms with Gasteiger partial charge in [0.25, 0.3) is 0 Å². The first-order chi connectivity index (χ1) is 18.1. The number of halogens is 1. The van der Waals surface area contributed by atoms with Crippen LogP contribution in [0.5, 0.6) is 5.75 Å². The van der Waals surface area contributed by atoms with Gasteiger partial charge in [0.15, 0.2) is 0 Å². The lowest BCUT2D eigenvalue weighted by Gasteiger charge is -2.32. The lowest BCUT2D eigenvalue weighted by Crippen LogP contribution is -2.52. The van der Waals surface area contributed by atoms with Crippen LogP contribution in [0.3, 0.4) is 0 Å². The lowest BCUT2D eigenvalue weighted by atomic mass is 10.0. The quantitative estimate of drug-likeness (QED) is 0.290. The fourth-order valence-corrected chi connectivity index (χ4v) is 4.91. The molecular weight excluding hydrogens is 484 g/mol. The number of hydrogen-bond acceptors (Lipinski definition) is 3. The molecule has 1 aliphatic rings. The molecule has 0 spiro atoms. The molecule has 0 aliphatic heterocycles. The smallest absolute Gasteiger partial charge is 0.243 e. The fraction of sp³-hybridized carbons (Fsp3) is 0.355. The van der Waals surface area contributed by atoms with Gasteiger partial charge in [0.05, 0.1) is 6.61 Å². The van der Waals surface area contributed by atoms with E-state index in [0.717, 1.165) is 42.6 Å². The molecule has 0 saturated heterocycles. The molecule has 0 heterocycles. The van der Waals surface area contributed by atoms with E-state index in [0.29, 0.717) is 37.4 Å². The van der Waals surface area contributed by atoms with Gasteiger partial charge in [-0.3, -0.25) is 9.59 Å². The molecular formula is C31H35ClN2O3. The SMILES string of the molecule is O=C(NC1CCCC1)C(Cc1ccccc1)N(Cc1ccc(Cl)cc1)C(=O)CCCOc1ccccc1. The average Bonchev–Trinajstić information content (AvgIpc) is 3.44. The van der Waals surface area contributed by atoms with E-state index in [1.165, 1.54) is 0 Å². The molecule has 6 heteroatoms. The van der Waals surface area contributed by atoms with Crippen molar-refractivity contribution in [1.82, 2.24) is 10.2 Å². The number of para-hydroxylation sites is 1. The molecule has 0 radical (unpaired) electrons. The van der Waals surface area contributed by atoms with Crippen LogP contribution in [-0.4, -0.2) is 35.4 Å². The zero-order chi connectivity index (χ0) is 25.9. The number of nitrogens with one attached hydrogen (secondary N) is 1. The maximum absolute atomic E-state index is 13.7. The van der Waals surface area contributed by atoms with Crippen LogP contribution in [0.2, 0.25) is 5.02 Å². The highest BCUT2D eigenvalue weighted by Gasteiger charge is 2.32. The molecule has 3 aromatic rings. The summed E-state index contributed by atoms with van der Waals surface area (Å²) in [6.45, 7) is 0.771. The van der Waals surface area contributed by atoms with Crippen molar-refractivity contribution in [2.75, 3.05) is 6.61 Å². The largest absolute Gasteiger partial charge is 0.494 e. The van der Waals surface area contributed by atoms with E-state index in [9.17, 15) is 9.59 Å². The molecule has 2 amide bonds. The molecule has 4 rings (SSSR count). The maximum Gasteiger partial charge on any atom is 0.243 e. The van der Waals surface area contributed by atoms with Gasteiger partial charge in [0.2, 0.25) is 11.8 Å². The number of hydrogen-bond donors (Lipinski definition) is 1. The van der Waals surface area contributed by atoms with E-state index in [1.54, 1.807) is 4.90 Å². The zero-order valence-electron chi connectivity index (χ0n) is 21.2. The van der Waals surface area contributed by atoms with Crippen molar-refractivity contribution < 1.29 is 14.3 Å². The Morgan fingerprint density at radius 3 is 2.22 bits per heavy atom. The number of carbonyl (C=O) groups is 2. The highest BCUT2D eigenvalue weighted by atomic mass is 35.5. The Kier molecular flexibility index (Phi) is 10.0. The third-order valence-electron chi connectivity index (χ3n) is 6.79. The van der Waals surface area contributed by atoms with Gasteiger partial charge in [-0.1, -0.05) is 85.1 Å². The summed E-state index contributed by atoms with van der Waals surface area (Å²) in [4.78, 5) is 29.1. The Hall–Kier alpha value is -3.31. The number of nitrogens with zero attached hydrogens (tertiary/aromatic N) is 1. The van der Waals surface area contributed by atoms with Crippen LogP contribution in [0.4, 0.5) is 0 Å². The minimum atomic E-state index is -0.610. The van der Waals surface area contributed by atoms with Crippen molar-refractivity contribution in [3.05, 3.63) is 101 Å². The van der Waals surface area contributed by atoms with E-state index in [-0.39, 0.29) is 17.9 Å². The molecule has 1 fully saturated rings. The van der Waals surface area contributed by atoms with Crippen LogP contribution in [0.15, 0.2) is 84.9 Å². The summed E-state index contributed by atoms with van der Waals surface area (Å²) in [5, 5.41) is 3.88. The summed E-state index contributed by atoms with van der Waals surface area (Å²) in [6.07, 6.45) is 5.55. The van der Waals surface area contributed by atoms with Gasteiger partial charge in [-0.05, 0) is 54.7 Å². The van der Waals surface area contributed by atoms with Crippen LogP contribution in [-0.2, 0) is 22.6 Å². The van der Waals surface area contributed by atoms with Crippen molar-refractivity contribution >= 4 is 23.4 Å². The summed E-state index contributed by atoms with van der Waals surface area (Å²) in [5.74, 6) is 0.638. The second-order valence-corrected chi connectivity index (χ2v) is 10.0. The monoisotopic (exact) mass is 518 g/mol. The Balaban J connectivity index is 1.52.